The summed E-state index contributed by atoms with van der Waals surface area (Å²) in [6, 6.07) is 5.05. The number of rotatable bonds is 8. The van der Waals surface area contributed by atoms with Gasteiger partial charge in [0.05, 0.1) is 0 Å². The second-order valence-electron chi connectivity index (χ2n) is 5.24. The Balaban J connectivity index is 2.61. The third kappa shape index (κ3) is 5.12. The van der Waals surface area contributed by atoms with Gasteiger partial charge < -0.3 is 5.32 Å². The molecule has 1 N–H and O–H groups in total. The number of hydrogen-bond acceptors (Lipinski definition) is 1. The number of benzene rings is 1. The van der Waals surface area contributed by atoms with E-state index in [1.807, 2.05) is 6.08 Å². The second-order valence-corrected chi connectivity index (χ2v) is 6.03. The maximum absolute atomic E-state index is 3.77. The Morgan fingerprint density at radius 3 is 2.37 bits per heavy atom. The third-order valence-electron chi connectivity index (χ3n) is 3.61. The molecule has 0 aliphatic rings. The quantitative estimate of drug-likeness (QED) is 0.494. The molecule has 1 aromatic carbocycles. The molecule has 2 heteroatoms. The molecule has 0 amide bonds. The highest BCUT2D eigenvalue weighted by molar-refractivity contribution is 9.10. The first-order valence-corrected chi connectivity index (χ1v) is 7.94. The van der Waals surface area contributed by atoms with E-state index in [1.165, 1.54) is 46.8 Å². The summed E-state index contributed by atoms with van der Waals surface area (Å²) in [6.45, 7) is 8.10. The normalized spacial score (nSPS) is 12.4. The summed E-state index contributed by atoms with van der Waals surface area (Å²) in [7, 11) is 2.06. The Labute approximate surface area is 126 Å². The van der Waals surface area contributed by atoms with Crippen molar-refractivity contribution < 1.29 is 0 Å². The van der Waals surface area contributed by atoms with Crippen LogP contribution in [-0.2, 0) is 0 Å². The van der Waals surface area contributed by atoms with Gasteiger partial charge in [-0.05, 0) is 56.8 Å². The predicted molar refractivity (Wildman–Crippen MR) is 88.7 cm³/mol. The van der Waals surface area contributed by atoms with E-state index >= 15 is 0 Å². The van der Waals surface area contributed by atoms with E-state index in [9.17, 15) is 0 Å². The molecule has 0 aliphatic carbocycles. The standard InChI is InChI=1S/C17H26BrN/c1-5-6-7-8-9-10-16(19-4)15-11-13(2)17(18)14(3)12-15/h5,11-12,16,19H,1,6-10H2,2-4H3. The molecule has 1 unspecified atom stereocenters. The third-order valence-corrected chi connectivity index (χ3v) is 4.86. The van der Waals surface area contributed by atoms with E-state index in [2.05, 4.69) is 60.9 Å². The van der Waals surface area contributed by atoms with Crippen LogP contribution >= 0.6 is 15.9 Å². The Morgan fingerprint density at radius 1 is 1.21 bits per heavy atom. The van der Waals surface area contributed by atoms with Crippen LogP contribution in [0.15, 0.2) is 29.3 Å². The molecule has 19 heavy (non-hydrogen) atoms. The van der Waals surface area contributed by atoms with Crippen molar-refractivity contribution >= 4 is 15.9 Å². The van der Waals surface area contributed by atoms with Crippen molar-refractivity contribution in [3.05, 3.63) is 46.0 Å². The first-order chi connectivity index (χ1) is 9.10. The molecule has 0 radical (unpaired) electrons. The van der Waals surface area contributed by atoms with E-state index in [4.69, 9.17) is 0 Å². The van der Waals surface area contributed by atoms with Gasteiger partial charge in [-0.3, -0.25) is 0 Å². The fourth-order valence-corrected chi connectivity index (χ4v) is 2.70. The molecule has 1 atom stereocenters. The van der Waals surface area contributed by atoms with Crippen LogP contribution in [0.4, 0.5) is 0 Å². The van der Waals surface area contributed by atoms with Gasteiger partial charge in [0.15, 0.2) is 0 Å². The van der Waals surface area contributed by atoms with Crippen molar-refractivity contribution in [2.45, 2.75) is 52.0 Å². The molecular weight excluding hydrogens is 298 g/mol. The van der Waals surface area contributed by atoms with Gasteiger partial charge in [-0.1, -0.05) is 47.0 Å². The zero-order valence-corrected chi connectivity index (χ0v) is 14.0. The summed E-state index contributed by atoms with van der Waals surface area (Å²) in [6.07, 6.45) is 8.18. The van der Waals surface area contributed by atoms with E-state index in [-0.39, 0.29) is 0 Å². The zero-order chi connectivity index (χ0) is 14.3. The fraction of sp³-hybridized carbons (Fsp3) is 0.529. The first kappa shape index (κ1) is 16.5. The van der Waals surface area contributed by atoms with Gasteiger partial charge in [0.25, 0.3) is 0 Å². The van der Waals surface area contributed by atoms with Crippen LogP contribution in [0.2, 0.25) is 0 Å². The largest absolute Gasteiger partial charge is 0.313 e. The maximum atomic E-state index is 3.77. The van der Waals surface area contributed by atoms with Gasteiger partial charge in [-0.2, -0.15) is 0 Å². The fourth-order valence-electron chi connectivity index (χ4n) is 2.47. The average molecular weight is 324 g/mol. The second kappa shape index (κ2) is 8.55. The highest BCUT2D eigenvalue weighted by atomic mass is 79.9. The zero-order valence-electron chi connectivity index (χ0n) is 12.4. The highest BCUT2D eigenvalue weighted by Gasteiger charge is 2.11. The lowest BCUT2D eigenvalue weighted by Gasteiger charge is -2.18. The molecule has 0 saturated heterocycles. The van der Waals surface area contributed by atoms with Crippen LogP contribution < -0.4 is 5.32 Å². The van der Waals surface area contributed by atoms with Gasteiger partial charge in [0, 0.05) is 10.5 Å². The van der Waals surface area contributed by atoms with Gasteiger partial charge in [-0.15, -0.1) is 6.58 Å². The van der Waals surface area contributed by atoms with E-state index in [1.54, 1.807) is 0 Å². The van der Waals surface area contributed by atoms with Crippen LogP contribution in [0.1, 0.15) is 54.8 Å². The molecule has 0 bridgehead atoms. The van der Waals surface area contributed by atoms with Crippen molar-refractivity contribution in [3.8, 4) is 0 Å². The molecule has 1 rings (SSSR count). The van der Waals surface area contributed by atoms with Gasteiger partial charge in [0.1, 0.15) is 0 Å². The number of aryl methyl sites for hydroxylation is 2. The van der Waals surface area contributed by atoms with Crippen LogP contribution in [0.5, 0.6) is 0 Å². The van der Waals surface area contributed by atoms with Crippen molar-refractivity contribution in [2.24, 2.45) is 0 Å². The monoisotopic (exact) mass is 323 g/mol. The predicted octanol–water partition coefficient (Wildman–Crippen LogP) is 5.46. The van der Waals surface area contributed by atoms with Gasteiger partial charge >= 0.3 is 0 Å². The van der Waals surface area contributed by atoms with E-state index in [0.717, 1.165) is 6.42 Å². The summed E-state index contributed by atoms with van der Waals surface area (Å²) in [4.78, 5) is 0. The SMILES string of the molecule is C=CCCCCCC(NC)c1cc(C)c(Br)c(C)c1. The van der Waals surface area contributed by atoms with Crippen molar-refractivity contribution in [1.29, 1.82) is 0 Å². The molecule has 0 fully saturated rings. The first-order valence-electron chi connectivity index (χ1n) is 7.15. The van der Waals surface area contributed by atoms with E-state index < -0.39 is 0 Å². The summed E-state index contributed by atoms with van der Waals surface area (Å²) in [5, 5.41) is 3.45. The number of unbranched alkanes of at least 4 members (excludes halogenated alkanes) is 3. The Morgan fingerprint density at radius 2 is 1.84 bits per heavy atom. The molecule has 0 saturated carbocycles. The Bertz CT molecular complexity index is 389. The van der Waals surface area contributed by atoms with Crippen molar-refractivity contribution in [3.63, 3.8) is 0 Å². The molecule has 1 aromatic rings. The molecule has 0 heterocycles. The molecule has 0 aromatic heterocycles. The summed E-state index contributed by atoms with van der Waals surface area (Å²) in [5.41, 5.74) is 4.05. The summed E-state index contributed by atoms with van der Waals surface area (Å²) >= 11 is 3.64. The lowest BCUT2D eigenvalue weighted by Crippen LogP contribution is -2.16. The smallest absolute Gasteiger partial charge is 0.0317 e. The molecule has 0 aliphatic heterocycles. The maximum Gasteiger partial charge on any atom is 0.0317 e. The van der Waals surface area contributed by atoms with Gasteiger partial charge in [0.2, 0.25) is 0 Å². The van der Waals surface area contributed by atoms with Crippen LogP contribution in [0.25, 0.3) is 0 Å². The average Bonchev–Trinajstić information content (AvgIpc) is 2.39. The summed E-state index contributed by atoms with van der Waals surface area (Å²) in [5.74, 6) is 0. The molecular formula is C17H26BrN. The van der Waals surface area contributed by atoms with E-state index in [0.29, 0.717) is 6.04 Å². The number of hydrogen-bond donors (Lipinski definition) is 1. The summed E-state index contributed by atoms with van der Waals surface area (Å²) < 4.78 is 1.23. The minimum absolute atomic E-state index is 0.467. The van der Waals surface area contributed by atoms with Crippen LogP contribution in [0, 0.1) is 13.8 Å². The Hall–Kier alpha value is -0.600. The molecule has 1 nitrogen and oxygen atoms in total. The molecule has 0 spiro atoms. The minimum Gasteiger partial charge on any atom is -0.313 e. The minimum atomic E-state index is 0.467. The lowest BCUT2D eigenvalue weighted by molar-refractivity contribution is 0.507. The van der Waals surface area contributed by atoms with Crippen LogP contribution in [-0.4, -0.2) is 7.05 Å². The van der Waals surface area contributed by atoms with Crippen LogP contribution in [0.3, 0.4) is 0 Å². The topological polar surface area (TPSA) is 12.0 Å². The molecule has 106 valence electrons. The van der Waals surface area contributed by atoms with Gasteiger partial charge in [-0.25, -0.2) is 0 Å². The van der Waals surface area contributed by atoms with Crippen molar-refractivity contribution in [1.82, 2.24) is 5.32 Å². The number of halogens is 1. The lowest BCUT2D eigenvalue weighted by atomic mass is 9.97. The number of allylic oxidation sites excluding steroid dienone is 1. The Kier molecular flexibility index (Phi) is 7.40. The highest BCUT2D eigenvalue weighted by Crippen LogP contribution is 2.27. The van der Waals surface area contributed by atoms with Crippen molar-refractivity contribution in [2.75, 3.05) is 7.05 Å². The number of nitrogens with one attached hydrogen (secondary N) is 1.